The lowest BCUT2D eigenvalue weighted by molar-refractivity contribution is -0.138. The van der Waals surface area contributed by atoms with Crippen molar-refractivity contribution in [2.75, 3.05) is 13.6 Å². The van der Waals surface area contributed by atoms with Crippen LogP contribution in [-0.4, -0.2) is 35.8 Å². The number of rotatable bonds is 5. The summed E-state index contributed by atoms with van der Waals surface area (Å²) in [7, 11) is 1.44. The average molecular weight is 238 g/mol. The molecule has 0 aromatic heterocycles. The summed E-state index contributed by atoms with van der Waals surface area (Å²) in [4.78, 5) is 21.6. The minimum Gasteiger partial charge on any atom is -0.480 e. The van der Waals surface area contributed by atoms with Gasteiger partial charge in [-0.05, 0) is 5.56 Å². The smallest absolute Gasteiger partial charge is 0.422 e. The van der Waals surface area contributed by atoms with Crippen molar-refractivity contribution in [1.82, 2.24) is 10.4 Å². The SMILES string of the molecule is CN(CC(=O)O)NC(=O)OCc1ccccc1. The van der Waals surface area contributed by atoms with Gasteiger partial charge in [0.25, 0.3) is 0 Å². The number of carbonyl (C=O) groups is 2. The van der Waals surface area contributed by atoms with Crippen LogP contribution in [0.15, 0.2) is 30.3 Å². The van der Waals surface area contributed by atoms with Gasteiger partial charge in [-0.25, -0.2) is 9.80 Å². The Morgan fingerprint density at radius 2 is 2.00 bits per heavy atom. The molecule has 1 amide bonds. The highest BCUT2D eigenvalue weighted by Crippen LogP contribution is 2.00. The maximum absolute atomic E-state index is 11.2. The van der Waals surface area contributed by atoms with Crippen LogP contribution in [0, 0.1) is 0 Å². The van der Waals surface area contributed by atoms with E-state index < -0.39 is 12.1 Å². The first-order valence-electron chi connectivity index (χ1n) is 4.98. The van der Waals surface area contributed by atoms with Crippen molar-refractivity contribution < 1.29 is 19.4 Å². The fourth-order valence-electron chi connectivity index (χ4n) is 1.15. The van der Waals surface area contributed by atoms with Gasteiger partial charge in [0.15, 0.2) is 0 Å². The first kappa shape index (κ1) is 13.0. The predicted octanol–water partition coefficient (Wildman–Crippen LogP) is 0.844. The van der Waals surface area contributed by atoms with Crippen LogP contribution in [0.1, 0.15) is 5.56 Å². The minimum absolute atomic E-state index is 0.146. The fourth-order valence-corrected chi connectivity index (χ4v) is 1.15. The third-order valence-corrected chi connectivity index (χ3v) is 1.87. The highest BCUT2D eigenvalue weighted by atomic mass is 16.6. The van der Waals surface area contributed by atoms with Gasteiger partial charge in [-0.2, -0.15) is 0 Å². The number of carboxylic acids is 1. The Labute approximate surface area is 98.8 Å². The van der Waals surface area contributed by atoms with Crippen molar-refractivity contribution in [3.8, 4) is 0 Å². The van der Waals surface area contributed by atoms with Crippen molar-refractivity contribution in [3.63, 3.8) is 0 Å². The topological polar surface area (TPSA) is 78.9 Å². The molecule has 2 N–H and O–H groups in total. The Hall–Kier alpha value is -2.08. The van der Waals surface area contributed by atoms with E-state index in [1.807, 2.05) is 30.3 Å². The summed E-state index contributed by atoms with van der Waals surface area (Å²) in [6.07, 6.45) is -0.683. The molecule has 1 rings (SSSR count). The molecular weight excluding hydrogens is 224 g/mol. The number of carbonyl (C=O) groups excluding carboxylic acids is 1. The zero-order chi connectivity index (χ0) is 12.7. The molecule has 0 unspecified atom stereocenters. The summed E-state index contributed by atoms with van der Waals surface area (Å²) in [5, 5.41) is 9.61. The summed E-state index contributed by atoms with van der Waals surface area (Å²) in [6, 6.07) is 9.20. The van der Waals surface area contributed by atoms with Gasteiger partial charge in [-0.15, -0.1) is 0 Å². The highest BCUT2D eigenvalue weighted by Gasteiger charge is 2.08. The second-order valence-electron chi connectivity index (χ2n) is 3.42. The van der Waals surface area contributed by atoms with E-state index in [4.69, 9.17) is 9.84 Å². The third-order valence-electron chi connectivity index (χ3n) is 1.87. The molecule has 0 aliphatic rings. The van der Waals surface area contributed by atoms with Crippen LogP contribution >= 0.6 is 0 Å². The Kier molecular flexibility index (Phi) is 4.96. The van der Waals surface area contributed by atoms with Gasteiger partial charge < -0.3 is 9.84 Å². The maximum Gasteiger partial charge on any atom is 0.422 e. The Morgan fingerprint density at radius 1 is 1.35 bits per heavy atom. The number of hydrazine groups is 1. The van der Waals surface area contributed by atoms with Crippen LogP contribution in [0.4, 0.5) is 4.79 Å². The summed E-state index contributed by atoms with van der Waals surface area (Å²) < 4.78 is 4.90. The van der Waals surface area contributed by atoms with Crippen LogP contribution in [0.2, 0.25) is 0 Å². The van der Waals surface area contributed by atoms with Gasteiger partial charge in [0.05, 0.1) is 0 Å². The monoisotopic (exact) mass is 238 g/mol. The van der Waals surface area contributed by atoms with E-state index >= 15 is 0 Å². The Balaban J connectivity index is 2.28. The zero-order valence-electron chi connectivity index (χ0n) is 9.42. The predicted molar refractivity (Wildman–Crippen MR) is 60.0 cm³/mol. The number of carboxylic acid groups (broad SMARTS) is 1. The van der Waals surface area contributed by atoms with Gasteiger partial charge >= 0.3 is 12.1 Å². The molecule has 0 radical (unpaired) electrons. The van der Waals surface area contributed by atoms with Gasteiger partial charge in [0.1, 0.15) is 13.2 Å². The van der Waals surface area contributed by atoms with Crippen molar-refractivity contribution in [2.45, 2.75) is 6.61 Å². The van der Waals surface area contributed by atoms with Crippen LogP contribution in [0.3, 0.4) is 0 Å². The second-order valence-corrected chi connectivity index (χ2v) is 3.42. The largest absolute Gasteiger partial charge is 0.480 e. The fraction of sp³-hybridized carbons (Fsp3) is 0.273. The number of amides is 1. The first-order valence-corrected chi connectivity index (χ1v) is 4.98. The van der Waals surface area contributed by atoms with Crippen LogP contribution in [-0.2, 0) is 16.1 Å². The van der Waals surface area contributed by atoms with Gasteiger partial charge in [-0.1, -0.05) is 30.3 Å². The number of nitrogens with zero attached hydrogens (tertiary/aromatic N) is 1. The van der Waals surface area contributed by atoms with Crippen molar-refractivity contribution in [1.29, 1.82) is 0 Å². The minimum atomic E-state index is -1.03. The van der Waals surface area contributed by atoms with Crippen molar-refractivity contribution in [2.24, 2.45) is 0 Å². The molecule has 0 saturated carbocycles. The van der Waals surface area contributed by atoms with E-state index in [1.54, 1.807) is 0 Å². The number of aliphatic carboxylic acids is 1. The summed E-state index contributed by atoms with van der Waals surface area (Å²) in [6.45, 7) is -0.145. The van der Waals surface area contributed by atoms with Crippen molar-refractivity contribution >= 4 is 12.1 Å². The Morgan fingerprint density at radius 3 is 2.59 bits per heavy atom. The summed E-state index contributed by atoms with van der Waals surface area (Å²) in [5.41, 5.74) is 3.14. The van der Waals surface area contributed by atoms with E-state index in [0.29, 0.717) is 0 Å². The number of hydrogen-bond donors (Lipinski definition) is 2. The molecule has 92 valence electrons. The normalized spacial score (nSPS) is 10.0. The molecule has 17 heavy (non-hydrogen) atoms. The molecule has 6 heteroatoms. The molecule has 0 bridgehead atoms. The Bertz CT molecular complexity index is 380. The molecule has 0 heterocycles. The van der Waals surface area contributed by atoms with E-state index in [1.165, 1.54) is 7.05 Å². The number of ether oxygens (including phenoxy) is 1. The second kappa shape index (κ2) is 6.49. The van der Waals surface area contributed by atoms with Crippen LogP contribution in [0.25, 0.3) is 0 Å². The lowest BCUT2D eigenvalue weighted by atomic mass is 10.2. The number of benzene rings is 1. The maximum atomic E-state index is 11.2. The molecule has 0 atom stereocenters. The molecule has 0 aliphatic heterocycles. The molecule has 0 saturated heterocycles. The molecule has 0 aliphatic carbocycles. The zero-order valence-corrected chi connectivity index (χ0v) is 9.42. The molecule has 1 aromatic carbocycles. The lowest BCUT2D eigenvalue weighted by Crippen LogP contribution is -2.42. The van der Waals surface area contributed by atoms with E-state index in [-0.39, 0.29) is 13.2 Å². The van der Waals surface area contributed by atoms with E-state index in [0.717, 1.165) is 10.6 Å². The van der Waals surface area contributed by atoms with Gasteiger partial charge in [0, 0.05) is 7.05 Å². The standard InChI is InChI=1S/C11H14N2O4/c1-13(7-10(14)15)12-11(16)17-8-9-5-3-2-4-6-9/h2-6H,7-8H2,1H3,(H,12,16)(H,14,15). The molecular formula is C11H14N2O4. The molecule has 0 spiro atoms. The van der Waals surface area contributed by atoms with E-state index in [2.05, 4.69) is 5.43 Å². The van der Waals surface area contributed by atoms with E-state index in [9.17, 15) is 9.59 Å². The van der Waals surface area contributed by atoms with Crippen LogP contribution < -0.4 is 5.43 Å². The molecule has 1 aromatic rings. The summed E-state index contributed by atoms with van der Waals surface area (Å²) in [5.74, 6) is -1.03. The first-order chi connectivity index (χ1) is 8.08. The van der Waals surface area contributed by atoms with Crippen LogP contribution in [0.5, 0.6) is 0 Å². The quantitative estimate of drug-likeness (QED) is 0.743. The van der Waals surface area contributed by atoms with Gasteiger partial charge in [-0.3, -0.25) is 10.2 Å². The number of likely N-dealkylation sites (N-methyl/N-ethyl adjacent to an activating group) is 1. The van der Waals surface area contributed by atoms with Crippen molar-refractivity contribution in [3.05, 3.63) is 35.9 Å². The van der Waals surface area contributed by atoms with Gasteiger partial charge in [0.2, 0.25) is 0 Å². The number of nitrogens with one attached hydrogen (secondary N) is 1. The lowest BCUT2D eigenvalue weighted by Gasteiger charge is -2.15. The molecule has 0 fully saturated rings. The third kappa shape index (κ3) is 5.53. The summed E-state index contributed by atoms with van der Waals surface area (Å²) >= 11 is 0. The highest BCUT2D eigenvalue weighted by molar-refractivity contribution is 5.70. The average Bonchev–Trinajstić information content (AvgIpc) is 2.26. The molecule has 6 nitrogen and oxygen atoms in total. The number of hydrogen-bond acceptors (Lipinski definition) is 4.